The van der Waals surface area contributed by atoms with E-state index in [-0.39, 0.29) is 18.4 Å². The number of nitrogens with zero attached hydrogens (tertiary/aromatic N) is 1. The molecule has 6 nitrogen and oxygen atoms in total. The molecule has 144 valence electrons. The second kappa shape index (κ2) is 9.57. The Morgan fingerprint density at radius 2 is 1.77 bits per heavy atom. The number of piperidine rings is 1. The largest absolute Gasteiger partial charge is 0.484 e. The van der Waals surface area contributed by atoms with Crippen LogP contribution in [0.5, 0.6) is 5.75 Å². The first-order valence-corrected chi connectivity index (χ1v) is 9.38. The van der Waals surface area contributed by atoms with Gasteiger partial charge in [-0.25, -0.2) is 0 Å². The van der Waals surface area contributed by atoms with Crippen LogP contribution in [-0.2, 0) is 14.3 Å². The number of ether oxygens (including phenoxy) is 2. The van der Waals surface area contributed by atoms with Crippen molar-refractivity contribution in [1.29, 1.82) is 0 Å². The minimum Gasteiger partial charge on any atom is -0.484 e. The van der Waals surface area contributed by atoms with Crippen LogP contribution in [0, 0.1) is 0 Å². The minimum atomic E-state index is -0.883. The monoisotopic (exact) mass is 362 g/mol. The zero-order chi connectivity index (χ0) is 19.0. The zero-order valence-corrected chi connectivity index (χ0v) is 16.0. The van der Waals surface area contributed by atoms with Gasteiger partial charge in [0.25, 0.3) is 11.8 Å². The van der Waals surface area contributed by atoms with Gasteiger partial charge in [-0.05, 0) is 63.8 Å². The van der Waals surface area contributed by atoms with E-state index in [9.17, 15) is 9.59 Å². The molecule has 1 N–H and O–H groups in total. The molecular formula is C20H30N2O4. The molecule has 0 aliphatic carbocycles. The van der Waals surface area contributed by atoms with Gasteiger partial charge in [0.15, 0.2) is 6.61 Å². The summed E-state index contributed by atoms with van der Waals surface area (Å²) in [4.78, 5) is 26.3. The number of anilines is 1. The van der Waals surface area contributed by atoms with Crippen LogP contribution in [0.2, 0.25) is 0 Å². The van der Waals surface area contributed by atoms with Gasteiger partial charge in [-0.1, -0.05) is 6.92 Å². The molecule has 0 bridgehead atoms. The average molecular weight is 362 g/mol. The van der Waals surface area contributed by atoms with E-state index in [1.807, 2.05) is 11.8 Å². The summed E-state index contributed by atoms with van der Waals surface area (Å²) in [5, 5.41) is 2.84. The molecule has 1 aliphatic rings. The van der Waals surface area contributed by atoms with Gasteiger partial charge in [0.1, 0.15) is 11.4 Å². The predicted octanol–water partition coefficient (Wildman–Crippen LogP) is 3.22. The van der Waals surface area contributed by atoms with Gasteiger partial charge < -0.3 is 19.7 Å². The van der Waals surface area contributed by atoms with Gasteiger partial charge in [0.2, 0.25) is 0 Å². The van der Waals surface area contributed by atoms with Gasteiger partial charge >= 0.3 is 0 Å². The average Bonchev–Trinajstić information content (AvgIpc) is 2.66. The van der Waals surface area contributed by atoms with Crippen molar-refractivity contribution < 1.29 is 19.1 Å². The Morgan fingerprint density at radius 1 is 1.12 bits per heavy atom. The third-order valence-corrected chi connectivity index (χ3v) is 4.40. The van der Waals surface area contributed by atoms with Crippen LogP contribution < -0.4 is 10.1 Å². The zero-order valence-electron chi connectivity index (χ0n) is 16.0. The van der Waals surface area contributed by atoms with E-state index in [2.05, 4.69) is 5.32 Å². The van der Waals surface area contributed by atoms with Crippen molar-refractivity contribution in [2.24, 2.45) is 0 Å². The highest BCUT2D eigenvalue weighted by atomic mass is 16.5. The Hall–Kier alpha value is -2.08. The molecule has 6 heteroatoms. The predicted molar refractivity (Wildman–Crippen MR) is 101 cm³/mol. The van der Waals surface area contributed by atoms with Gasteiger partial charge in [-0.15, -0.1) is 0 Å². The Kier molecular flexibility index (Phi) is 7.45. The van der Waals surface area contributed by atoms with Crippen molar-refractivity contribution in [3.63, 3.8) is 0 Å². The number of carbonyl (C=O) groups is 2. The number of amides is 2. The van der Waals surface area contributed by atoms with Crippen molar-refractivity contribution in [2.75, 3.05) is 31.6 Å². The summed E-state index contributed by atoms with van der Waals surface area (Å²) in [6.45, 7) is 7.74. The smallest absolute Gasteiger partial charge is 0.260 e. The van der Waals surface area contributed by atoms with Gasteiger partial charge in [0.05, 0.1) is 0 Å². The number of carbonyl (C=O) groups excluding carboxylic acids is 2. The molecule has 0 atom stereocenters. The standard InChI is InChI=1S/C20H30N2O4/c1-4-14-26-20(2,3)19(24)21-16-8-10-17(11-9-16)25-15-18(23)22-12-6-5-7-13-22/h8-11H,4-7,12-15H2,1-3H3,(H,21,24). The lowest BCUT2D eigenvalue weighted by molar-refractivity contribution is -0.137. The Balaban J connectivity index is 1.82. The fraction of sp³-hybridized carbons (Fsp3) is 0.600. The van der Waals surface area contributed by atoms with Crippen molar-refractivity contribution in [3.05, 3.63) is 24.3 Å². The second-order valence-corrected chi connectivity index (χ2v) is 7.07. The van der Waals surface area contributed by atoms with Crippen LogP contribution in [0.25, 0.3) is 0 Å². The fourth-order valence-electron chi connectivity index (χ4n) is 2.72. The molecule has 1 aliphatic heterocycles. The maximum absolute atomic E-state index is 12.3. The topological polar surface area (TPSA) is 67.9 Å². The van der Waals surface area contributed by atoms with Crippen molar-refractivity contribution in [1.82, 2.24) is 4.90 Å². The van der Waals surface area contributed by atoms with Crippen molar-refractivity contribution >= 4 is 17.5 Å². The lowest BCUT2D eigenvalue weighted by Gasteiger charge is -2.26. The quantitative estimate of drug-likeness (QED) is 0.771. The van der Waals surface area contributed by atoms with Crippen LogP contribution in [0.4, 0.5) is 5.69 Å². The van der Waals surface area contributed by atoms with Gasteiger partial charge in [0, 0.05) is 25.4 Å². The van der Waals surface area contributed by atoms with E-state index in [1.54, 1.807) is 38.1 Å². The molecule has 0 radical (unpaired) electrons. The molecule has 1 fully saturated rings. The molecule has 1 heterocycles. The van der Waals surface area contributed by atoms with E-state index < -0.39 is 5.60 Å². The maximum atomic E-state index is 12.3. The number of benzene rings is 1. The molecule has 0 aromatic heterocycles. The number of hydrogen-bond acceptors (Lipinski definition) is 4. The number of nitrogens with one attached hydrogen (secondary N) is 1. The van der Waals surface area contributed by atoms with E-state index in [4.69, 9.17) is 9.47 Å². The summed E-state index contributed by atoms with van der Waals surface area (Å²) >= 11 is 0. The van der Waals surface area contributed by atoms with Crippen LogP contribution >= 0.6 is 0 Å². The molecule has 2 rings (SSSR count). The first kappa shape index (κ1) is 20.2. The molecule has 1 aromatic rings. The molecule has 0 spiro atoms. The molecule has 1 saturated heterocycles. The lowest BCUT2D eigenvalue weighted by Crippen LogP contribution is -2.40. The third kappa shape index (κ3) is 6.02. The number of likely N-dealkylation sites (tertiary alicyclic amines) is 1. The highest BCUT2D eigenvalue weighted by Gasteiger charge is 2.28. The molecule has 26 heavy (non-hydrogen) atoms. The van der Waals surface area contributed by atoms with E-state index in [1.165, 1.54) is 6.42 Å². The summed E-state index contributed by atoms with van der Waals surface area (Å²) < 4.78 is 11.2. The van der Waals surface area contributed by atoms with Crippen LogP contribution in [0.15, 0.2) is 24.3 Å². The number of hydrogen-bond donors (Lipinski definition) is 1. The maximum Gasteiger partial charge on any atom is 0.260 e. The summed E-state index contributed by atoms with van der Waals surface area (Å²) in [7, 11) is 0. The first-order chi connectivity index (χ1) is 12.4. The highest BCUT2D eigenvalue weighted by molar-refractivity contribution is 5.96. The summed E-state index contributed by atoms with van der Waals surface area (Å²) in [5.74, 6) is 0.437. The highest BCUT2D eigenvalue weighted by Crippen LogP contribution is 2.19. The Morgan fingerprint density at radius 3 is 2.38 bits per heavy atom. The second-order valence-electron chi connectivity index (χ2n) is 7.07. The van der Waals surface area contributed by atoms with Gasteiger partial charge in [-0.3, -0.25) is 9.59 Å². The molecule has 2 amide bonds. The fourth-order valence-corrected chi connectivity index (χ4v) is 2.72. The Labute approximate surface area is 155 Å². The van der Waals surface area contributed by atoms with Crippen LogP contribution in [0.1, 0.15) is 46.5 Å². The van der Waals surface area contributed by atoms with Crippen LogP contribution in [-0.4, -0.2) is 48.6 Å². The first-order valence-electron chi connectivity index (χ1n) is 9.38. The van der Waals surface area contributed by atoms with Crippen LogP contribution in [0.3, 0.4) is 0 Å². The summed E-state index contributed by atoms with van der Waals surface area (Å²) in [6.07, 6.45) is 4.19. The summed E-state index contributed by atoms with van der Waals surface area (Å²) in [6, 6.07) is 7.01. The SMILES string of the molecule is CCCOC(C)(C)C(=O)Nc1ccc(OCC(=O)N2CCCCC2)cc1. The molecule has 0 unspecified atom stereocenters. The molecule has 1 aromatic carbocycles. The molecular weight excluding hydrogens is 332 g/mol. The summed E-state index contributed by atoms with van der Waals surface area (Å²) in [5.41, 5.74) is -0.218. The van der Waals surface area contributed by atoms with Crippen molar-refractivity contribution in [2.45, 2.75) is 52.1 Å². The minimum absolute atomic E-state index is 0.0249. The third-order valence-electron chi connectivity index (χ3n) is 4.40. The van der Waals surface area contributed by atoms with E-state index in [0.29, 0.717) is 18.0 Å². The molecule has 0 saturated carbocycles. The Bertz CT molecular complexity index is 592. The van der Waals surface area contributed by atoms with E-state index in [0.717, 1.165) is 32.4 Å². The lowest BCUT2D eigenvalue weighted by atomic mass is 10.1. The normalized spacial score (nSPS) is 14.8. The van der Waals surface area contributed by atoms with Crippen molar-refractivity contribution in [3.8, 4) is 5.75 Å². The number of rotatable bonds is 8. The van der Waals surface area contributed by atoms with E-state index >= 15 is 0 Å². The van der Waals surface area contributed by atoms with Gasteiger partial charge in [-0.2, -0.15) is 0 Å².